The molecule has 2 heterocycles. The summed E-state index contributed by atoms with van der Waals surface area (Å²) in [6.07, 6.45) is 4.45. The number of benzene rings is 1. The molecule has 0 saturated carbocycles. The molecule has 27 heavy (non-hydrogen) atoms. The van der Waals surface area contributed by atoms with Gasteiger partial charge in [-0.2, -0.15) is 0 Å². The zero-order valence-corrected chi connectivity index (χ0v) is 15.8. The molecule has 0 unspecified atom stereocenters. The topological polar surface area (TPSA) is 93.0 Å². The predicted octanol–water partition coefficient (Wildman–Crippen LogP) is 2.81. The number of hydrogen-bond donors (Lipinski definition) is 2. The van der Waals surface area contributed by atoms with Crippen molar-refractivity contribution in [3.63, 3.8) is 0 Å². The van der Waals surface area contributed by atoms with Crippen molar-refractivity contribution < 1.29 is 13.9 Å². The fraction of sp³-hybridized carbons (Fsp3) is 0.450. The van der Waals surface area contributed by atoms with Crippen LogP contribution in [0.1, 0.15) is 37.6 Å². The minimum Gasteiger partial charge on any atom is -0.425 e. The zero-order chi connectivity index (χ0) is 19.1. The number of aromatic nitrogens is 3. The number of rotatable bonds is 10. The van der Waals surface area contributed by atoms with Gasteiger partial charge >= 0.3 is 0 Å². The van der Waals surface area contributed by atoms with E-state index in [0.29, 0.717) is 44.2 Å². The molecule has 2 aromatic heterocycles. The van der Waals surface area contributed by atoms with E-state index < -0.39 is 0 Å². The van der Waals surface area contributed by atoms with Crippen LogP contribution in [-0.4, -0.2) is 40.3 Å². The van der Waals surface area contributed by atoms with Gasteiger partial charge in [0.15, 0.2) is 0 Å². The maximum absolute atomic E-state index is 11.8. The highest BCUT2D eigenvalue weighted by Crippen LogP contribution is 2.19. The Morgan fingerprint density at radius 1 is 1.19 bits per heavy atom. The van der Waals surface area contributed by atoms with Crippen molar-refractivity contribution in [2.75, 3.05) is 13.2 Å². The summed E-state index contributed by atoms with van der Waals surface area (Å²) in [4.78, 5) is 15.1. The summed E-state index contributed by atoms with van der Waals surface area (Å²) in [6, 6.07) is 8.21. The van der Waals surface area contributed by atoms with E-state index in [4.69, 9.17) is 9.15 Å². The Morgan fingerprint density at radius 3 is 2.78 bits per heavy atom. The fourth-order valence-electron chi connectivity index (χ4n) is 2.86. The summed E-state index contributed by atoms with van der Waals surface area (Å²) >= 11 is 0. The lowest BCUT2D eigenvalue weighted by Gasteiger charge is -2.08. The van der Waals surface area contributed by atoms with Gasteiger partial charge in [0.05, 0.1) is 12.7 Å². The predicted molar refractivity (Wildman–Crippen MR) is 102 cm³/mol. The van der Waals surface area contributed by atoms with Gasteiger partial charge in [0, 0.05) is 42.9 Å². The first-order chi connectivity index (χ1) is 13.1. The second-order valence-corrected chi connectivity index (χ2v) is 6.72. The third-order valence-electron chi connectivity index (χ3n) is 4.23. The number of aryl methyl sites for hydroxylation is 3. The van der Waals surface area contributed by atoms with E-state index in [-0.39, 0.29) is 12.0 Å². The molecule has 7 heteroatoms. The molecule has 3 aromatic rings. The highest BCUT2D eigenvalue weighted by Gasteiger charge is 2.10. The van der Waals surface area contributed by atoms with E-state index in [1.54, 1.807) is 0 Å². The number of carbonyl (C=O) groups is 1. The van der Waals surface area contributed by atoms with Gasteiger partial charge in [0.1, 0.15) is 0 Å². The van der Waals surface area contributed by atoms with Gasteiger partial charge in [-0.05, 0) is 31.9 Å². The lowest BCUT2D eigenvalue weighted by molar-refractivity contribution is -0.121. The van der Waals surface area contributed by atoms with Gasteiger partial charge < -0.3 is 19.5 Å². The van der Waals surface area contributed by atoms with Crippen LogP contribution in [0.15, 0.2) is 34.9 Å². The third kappa shape index (κ3) is 5.65. The summed E-state index contributed by atoms with van der Waals surface area (Å²) in [6.45, 7) is 4.96. The van der Waals surface area contributed by atoms with E-state index in [9.17, 15) is 4.79 Å². The Labute approximate surface area is 158 Å². The number of carbonyl (C=O) groups excluding carboxylic acids is 1. The molecule has 2 N–H and O–H groups in total. The molecule has 144 valence electrons. The summed E-state index contributed by atoms with van der Waals surface area (Å²) in [5.74, 6) is 1.06. The molecule has 0 spiro atoms. The Morgan fingerprint density at radius 2 is 1.96 bits per heavy atom. The molecule has 0 saturated heterocycles. The lowest BCUT2D eigenvalue weighted by atomic mass is 10.1. The van der Waals surface area contributed by atoms with Crippen molar-refractivity contribution in [1.82, 2.24) is 20.5 Å². The number of ether oxygens (including phenoxy) is 1. The number of fused-ring (bicyclic) bond motifs is 1. The van der Waals surface area contributed by atoms with E-state index in [1.807, 2.05) is 32.2 Å². The summed E-state index contributed by atoms with van der Waals surface area (Å²) < 4.78 is 11.0. The van der Waals surface area contributed by atoms with Crippen LogP contribution in [-0.2, 0) is 28.8 Å². The number of nitrogens with one attached hydrogen (secondary N) is 2. The fourth-order valence-corrected chi connectivity index (χ4v) is 2.86. The van der Waals surface area contributed by atoms with Gasteiger partial charge in [-0.15, -0.1) is 10.2 Å². The molecular formula is C20H26N4O3. The number of H-pyrrole nitrogens is 1. The van der Waals surface area contributed by atoms with Crippen LogP contribution in [0.25, 0.3) is 10.9 Å². The van der Waals surface area contributed by atoms with Crippen LogP contribution in [0, 0.1) is 0 Å². The average Bonchev–Trinajstić information content (AvgIpc) is 3.28. The molecule has 0 fully saturated rings. The van der Waals surface area contributed by atoms with Gasteiger partial charge in [-0.3, -0.25) is 4.79 Å². The van der Waals surface area contributed by atoms with Crippen LogP contribution >= 0.6 is 0 Å². The maximum Gasteiger partial charge on any atom is 0.220 e. The van der Waals surface area contributed by atoms with Crippen LogP contribution in [0.5, 0.6) is 0 Å². The van der Waals surface area contributed by atoms with Crippen molar-refractivity contribution in [2.45, 2.75) is 45.6 Å². The van der Waals surface area contributed by atoms with Gasteiger partial charge in [-0.1, -0.05) is 18.2 Å². The van der Waals surface area contributed by atoms with Crippen LogP contribution < -0.4 is 5.32 Å². The van der Waals surface area contributed by atoms with E-state index in [1.165, 1.54) is 10.9 Å². The van der Waals surface area contributed by atoms with Crippen molar-refractivity contribution >= 4 is 16.8 Å². The Kier molecular flexibility index (Phi) is 6.59. The molecule has 0 bridgehead atoms. The van der Waals surface area contributed by atoms with Gasteiger partial charge in [-0.25, -0.2) is 0 Å². The molecule has 0 aliphatic rings. The summed E-state index contributed by atoms with van der Waals surface area (Å²) in [5, 5.41) is 12.2. The quantitative estimate of drug-likeness (QED) is 0.535. The molecule has 0 aliphatic carbocycles. The number of hydrogen-bond acceptors (Lipinski definition) is 5. The van der Waals surface area contributed by atoms with E-state index in [0.717, 1.165) is 11.9 Å². The first kappa shape index (κ1) is 19.1. The Hall–Kier alpha value is -2.67. The van der Waals surface area contributed by atoms with E-state index >= 15 is 0 Å². The van der Waals surface area contributed by atoms with Crippen LogP contribution in [0.4, 0.5) is 0 Å². The molecule has 0 atom stereocenters. The molecule has 1 amide bonds. The molecule has 1 aromatic carbocycles. The van der Waals surface area contributed by atoms with Crippen molar-refractivity contribution in [3.8, 4) is 0 Å². The highest BCUT2D eigenvalue weighted by atomic mass is 16.5. The monoisotopic (exact) mass is 370 g/mol. The zero-order valence-electron chi connectivity index (χ0n) is 15.8. The first-order valence-electron chi connectivity index (χ1n) is 9.36. The number of amides is 1. The smallest absolute Gasteiger partial charge is 0.220 e. The minimum absolute atomic E-state index is 0.0408. The second-order valence-electron chi connectivity index (χ2n) is 6.72. The molecule has 0 aliphatic heterocycles. The SMILES string of the molecule is CC(C)OCCNC(=O)CCc1nnc(CCc2c[nH]c3ccccc23)o1. The summed E-state index contributed by atoms with van der Waals surface area (Å²) in [7, 11) is 0. The largest absolute Gasteiger partial charge is 0.425 e. The molecular weight excluding hydrogens is 344 g/mol. The molecule has 3 rings (SSSR count). The standard InChI is InChI=1S/C20H26N4O3/c1-14(2)26-12-11-21-18(25)8-10-20-24-23-19(27-20)9-7-15-13-22-17-6-4-3-5-16(15)17/h3-6,13-14,22H,7-12H2,1-2H3,(H,21,25). The normalized spacial score (nSPS) is 11.4. The molecule has 7 nitrogen and oxygen atoms in total. The average molecular weight is 370 g/mol. The number of nitrogens with zero attached hydrogens (tertiary/aromatic N) is 2. The Bertz CT molecular complexity index is 869. The Balaban J connectivity index is 1.41. The van der Waals surface area contributed by atoms with Crippen LogP contribution in [0.3, 0.4) is 0 Å². The van der Waals surface area contributed by atoms with Gasteiger partial charge in [0.2, 0.25) is 17.7 Å². The van der Waals surface area contributed by atoms with Crippen LogP contribution in [0.2, 0.25) is 0 Å². The van der Waals surface area contributed by atoms with Gasteiger partial charge in [0.25, 0.3) is 0 Å². The first-order valence-corrected chi connectivity index (χ1v) is 9.36. The third-order valence-corrected chi connectivity index (χ3v) is 4.23. The summed E-state index contributed by atoms with van der Waals surface area (Å²) in [5.41, 5.74) is 2.36. The minimum atomic E-state index is -0.0408. The lowest BCUT2D eigenvalue weighted by Crippen LogP contribution is -2.28. The number of para-hydroxylation sites is 1. The highest BCUT2D eigenvalue weighted by molar-refractivity contribution is 5.83. The maximum atomic E-state index is 11.8. The second kappa shape index (κ2) is 9.32. The van der Waals surface area contributed by atoms with Crippen molar-refractivity contribution in [1.29, 1.82) is 0 Å². The molecule has 0 radical (unpaired) electrons. The number of aromatic amines is 1. The van der Waals surface area contributed by atoms with Crippen molar-refractivity contribution in [3.05, 3.63) is 47.8 Å². The van der Waals surface area contributed by atoms with Crippen molar-refractivity contribution in [2.24, 2.45) is 0 Å². The van der Waals surface area contributed by atoms with E-state index in [2.05, 4.69) is 32.6 Å².